The summed E-state index contributed by atoms with van der Waals surface area (Å²) in [5, 5.41) is 3.33. The molecule has 0 aliphatic heterocycles. The number of carbonyl (C=O) groups excluding carboxylic acids is 2. The summed E-state index contributed by atoms with van der Waals surface area (Å²) in [5.41, 5.74) is 2.69. The summed E-state index contributed by atoms with van der Waals surface area (Å²) in [5.74, 6) is -0.568. The highest BCUT2D eigenvalue weighted by Gasteiger charge is 2.33. The average molecular weight is 570 g/mol. The van der Waals surface area contributed by atoms with Crippen LogP contribution in [-0.4, -0.2) is 50.5 Å². The van der Waals surface area contributed by atoms with Crippen LogP contribution in [-0.2, 0) is 32.6 Å². The van der Waals surface area contributed by atoms with Crippen molar-refractivity contribution in [3.63, 3.8) is 0 Å². The highest BCUT2D eigenvalue weighted by Crippen LogP contribution is 2.27. The molecule has 0 fully saturated rings. The smallest absolute Gasteiger partial charge is 0.244 e. The number of sulfonamides is 1. The normalized spacial score (nSPS) is 12.2. The lowest BCUT2D eigenvalue weighted by atomic mass is 10.0. The van der Waals surface area contributed by atoms with Crippen LogP contribution in [0, 0.1) is 12.8 Å². The number of anilines is 1. The fourth-order valence-corrected chi connectivity index (χ4v) is 5.27. The first-order valence-electron chi connectivity index (χ1n) is 12.8. The van der Waals surface area contributed by atoms with E-state index < -0.39 is 28.5 Å². The molecule has 0 bridgehead atoms. The second-order valence-electron chi connectivity index (χ2n) is 10.1. The van der Waals surface area contributed by atoms with E-state index in [0.29, 0.717) is 22.8 Å². The van der Waals surface area contributed by atoms with E-state index in [-0.39, 0.29) is 24.8 Å². The highest BCUT2D eigenvalue weighted by molar-refractivity contribution is 7.92. The molecule has 0 unspecified atom stereocenters. The lowest BCUT2D eigenvalue weighted by Gasteiger charge is -2.34. The first kappa shape index (κ1) is 30.2. The molecule has 1 N–H and O–H groups in total. The molecule has 2 amide bonds. The van der Waals surface area contributed by atoms with E-state index in [0.717, 1.165) is 21.7 Å². The van der Waals surface area contributed by atoms with Crippen LogP contribution in [0.3, 0.4) is 0 Å². The maximum Gasteiger partial charge on any atom is 0.244 e. The van der Waals surface area contributed by atoms with Gasteiger partial charge in [-0.2, -0.15) is 0 Å². The Morgan fingerprint density at radius 2 is 1.51 bits per heavy atom. The standard InChI is InChI=1S/C30H36ClN3O4S/c1-22(2)19-32-30(36)28(17-24-11-7-5-8-12-24)33(20-25-13-9-6-10-14-25)29(35)21-34(39(4,37)38)27-18-26(31)16-15-23(27)3/h5-16,18,22,28H,17,19-21H2,1-4H3,(H,32,36)/t28-/m0/s1. The first-order chi connectivity index (χ1) is 18.5. The molecule has 3 aromatic rings. The number of rotatable bonds is 12. The predicted molar refractivity (Wildman–Crippen MR) is 157 cm³/mol. The lowest BCUT2D eigenvalue weighted by molar-refractivity contribution is -0.140. The molecule has 0 radical (unpaired) electrons. The number of nitrogens with zero attached hydrogens (tertiary/aromatic N) is 2. The number of carbonyl (C=O) groups is 2. The minimum Gasteiger partial charge on any atom is -0.354 e. The first-order valence-corrected chi connectivity index (χ1v) is 15.1. The number of amides is 2. The minimum absolute atomic E-state index is 0.137. The van der Waals surface area contributed by atoms with Gasteiger partial charge in [-0.25, -0.2) is 8.42 Å². The molecular weight excluding hydrogens is 534 g/mol. The second kappa shape index (κ2) is 13.6. The molecule has 208 valence electrons. The van der Waals surface area contributed by atoms with Gasteiger partial charge in [-0.15, -0.1) is 0 Å². The van der Waals surface area contributed by atoms with E-state index in [9.17, 15) is 18.0 Å². The fourth-order valence-electron chi connectivity index (χ4n) is 4.20. The van der Waals surface area contributed by atoms with Crippen LogP contribution in [0.2, 0.25) is 5.02 Å². The van der Waals surface area contributed by atoms with Gasteiger partial charge in [0, 0.05) is 24.5 Å². The van der Waals surface area contributed by atoms with Crippen molar-refractivity contribution in [2.75, 3.05) is 23.7 Å². The van der Waals surface area contributed by atoms with Gasteiger partial charge in [0.15, 0.2) is 0 Å². The van der Waals surface area contributed by atoms with Crippen molar-refractivity contribution in [3.05, 3.63) is 101 Å². The SMILES string of the molecule is Cc1ccc(Cl)cc1N(CC(=O)N(Cc1ccccc1)[C@@H](Cc1ccccc1)C(=O)NCC(C)C)S(C)(=O)=O. The van der Waals surface area contributed by atoms with Crippen molar-refractivity contribution >= 4 is 39.1 Å². The summed E-state index contributed by atoms with van der Waals surface area (Å²) >= 11 is 6.19. The monoisotopic (exact) mass is 569 g/mol. The van der Waals surface area contributed by atoms with Crippen molar-refractivity contribution in [2.24, 2.45) is 5.92 Å². The minimum atomic E-state index is -3.86. The Balaban J connectivity index is 2.05. The van der Waals surface area contributed by atoms with E-state index >= 15 is 0 Å². The summed E-state index contributed by atoms with van der Waals surface area (Å²) in [6, 6.07) is 22.9. The largest absolute Gasteiger partial charge is 0.354 e. The fraction of sp³-hybridized carbons (Fsp3) is 0.333. The number of nitrogens with one attached hydrogen (secondary N) is 1. The maximum atomic E-state index is 14.1. The molecule has 1 atom stereocenters. The maximum absolute atomic E-state index is 14.1. The summed E-state index contributed by atoms with van der Waals surface area (Å²) in [4.78, 5) is 29.1. The number of halogens is 1. The quantitative estimate of drug-likeness (QED) is 0.338. The van der Waals surface area contributed by atoms with Crippen molar-refractivity contribution in [1.82, 2.24) is 10.2 Å². The van der Waals surface area contributed by atoms with Crippen LogP contribution < -0.4 is 9.62 Å². The van der Waals surface area contributed by atoms with E-state index in [1.807, 2.05) is 74.5 Å². The molecule has 0 aliphatic rings. The number of benzene rings is 3. The Kier molecular flexibility index (Phi) is 10.5. The van der Waals surface area contributed by atoms with Gasteiger partial charge >= 0.3 is 0 Å². The highest BCUT2D eigenvalue weighted by atomic mass is 35.5. The third kappa shape index (κ3) is 8.83. The molecule has 7 nitrogen and oxygen atoms in total. The van der Waals surface area contributed by atoms with Crippen molar-refractivity contribution in [2.45, 2.75) is 39.8 Å². The Morgan fingerprint density at radius 3 is 2.08 bits per heavy atom. The van der Waals surface area contributed by atoms with Gasteiger partial charge in [0.2, 0.25) is 21.8 Å². The Bertz CT molecular complexity index is 1370. The van der Waals surface area contributed by atoms with Crippen LogP contribution in [0.4, 0.5) is 5.69 Å². The van der Waals surface area contributed by atoms with Gasteiger partial charge in [-0.3, -0.25) is 13.9 Å². The van der Waals surface area contributed by atoms with Crippen LogP contribution in [0.5, 0.6) is 0 Å². The topological polar surface area (TPSA) is 86.8 Å². The van der Waals surface area contributed by atoms with Gasteiger partial charge in [0.05, 0.1) is 11.9 Å². The van der Waals surface area contributed by atoms with Crippen LogP contribution in [0.25, 0.3) is 0 Å². The molecule has 0 heterocycles. The van der Waals surface area contributed by atoms with Crippen molar-refractivity contribution in [3.8, 4) is 0 Å². The Morgan fingerprint density at radius 1 is 0.923 bits per heavy atom. The number of hydrogen-bond donors (Lipinski definition) is 1. The van der Waals surface area contributed by atoms with Crippen molar-refractivity contribution in [1.29, 1.82) is 0 Å². The van der Waals surface area contributed by atoms with E-state index in [2.05, 4.69) is 5.32 Å². The van der Waals surface area contributed by atoms with Gasteiger partial charge in [-0.1, -0.05) is 92.2 Å². The van der Waals surface area contributed by atoms with E-state index in [1.165, 1.54) is 11.0 Å². The molecular formula is C30H36ClN3O4S. The predicted octanol–water partition coefficient (Wildman–Crippen LogP) is 4.83. The molecule has 0 spiro atoms. The third-order valence-corrected chi connectivity index (χ3v) is 7.63. The molecule has 0 saturated carbocycles. The Labute approximate surface area is 236 Å². The van der Waals surface area contributed by atoms with E-state index in [4.69, 9.17) is 11.6 Å². The molecule has 0 aliphatic carbocycles. The Hall–Kier alpha value is -3.36. The zero-order valence-electron chi connectivity index (χ0n) is 22.8. The second-order valence-corrected chi connectivity index (χ2v) is 12.4. The zero-order valence-corrected chi connectivity index (χ0v) is 24.4. The van der Waals surface area contributed by atoms with Crippen LogP contribution in [0.1, 0.15) is 30.5 Å². The van der Waals surface area contributed by atoms with E-state index in [1.54, 1.807) is 19.1 Å². The number of hydrogen-bond acceptors (Lipinski definition) is 4. The van der Waals surface area contributed by atoms with Gasteiger partial charge in [0.1, 0.15) is 12.6 Å². The third-order valence-electron chi connectivity index (χ3n) is 6.27. The summed E-state index contributed by atoms with van der Waals surface area (Å²) in [6.07, 6.45) is 1.33. The zero-order chi connectivity index (χ0) is 28.6. The van der Waals surface area contributed by atoms with Gasteiger partial charge in [-0.05, 0) is 41.7 Å². The molecule has 9 heteroatoms. The van der Waals surface area contributed by atoms with Gasteiger partial charge in [0.25, 0.3) is 0 Å². The summed E-state index contributed by atoms with van der Waals surface area (Å²) in [6.45, 7) is 5.86. The van der Waals surface area contributed by atoms with Crippen LogP contribution >= 0.6 is 11.6 Å². The van der Waals surface area contributed by atoms with Crippen molar-refractivity contribution < 1.29 is 18.0 Å². The average Bonchev–Trinajstić information content (AvgIpc) is 2.89. The molecule has 39 heavy (non-hydrogen) atoms. The lowest BCUT2D eigenvalue weighted by Crippen LogP contribution is -2.53. The molecule has 0 saturated heterocycles. The molecule has 3 aromatic carbocycles. The van der Waals surface area contributed by atoms with Crippen LogP contribution in [0.15, 0.2) is 78.9 Å². The number of aryl methyl sites for hydroxylation is 1. The molecule has 3 rings (SSSR count). The molecule has 0 aromatic heterocycles. The summed E-state index contributed by atoms with van der Waals surface area (Å²) in [7, 11) is -3.86. The summed E-state index contributed by atoms with van der Waals surface area (Å²) < 4.78 is 26.9. The van der Waals surface area contributed by atoms with Gasteiger partial charge < -0.3 is 10.2 Å².